The van der Waals surface area contributed by atoms with Gasteiger partial charge < -0.3 is 5.11 Å². The number of para-hydroxylation sites is 1. The van der Waals surface area contributed by atoms with E-state index in [2.05, 4.69) is 0 Å². The number of aliphatic hydroxyl groups is 1. The first-order chi connectivity index (χ1) is 15.1. The highest BCUT2D eigenvalue weighted by Crippen LogP contribution is 2.38. The predicted molar refractivity (Wildman–Crippen MR) is 130 cm³/mol. The first-order valence-electron chi connectivity index (χ1n) is 9.97. The van der Waals surface area contributed by atoms with Crippen LogP contribution in [0.25, 0.3) is 0 Å². The van der Waals surface area contributed by atoms with Gasteiger partial charge >= 0.3 is 0 Å². The molecule has 0 aliphatic heterocycles. The van der Waals surface area contributed by atoms with Crippen molar-refractivity contribution in [2.45, 2.75) is 12.0 Å². The number of aliphatic imine (C=N–C) groups is 1. The Balaban J connectivity index is 1.79. The van der Waals surface area contributed by atoms with Gasteiger partial charge in [0, 0.05) is 18.2 Å². The van der Waals surface area contributed by atoms with E-state index in [9.17, 15) is 5.11 Å². The molecule has 0 aliphatic rings. The summed E-state index contributed by atoms with van der Waals surface area (Å²) in [6.07, 6.45) is 2.16. The lowest BCUT2D eigenvalue weighted by Crippen LogP contribution is -2.30. The smallest absolute Gasteiger partial charge is 0.121 e. The molecule has 1 unspecified atom stereocenters. The Kier molecular flexibility index (Phi) is 6.53. The molecule has 0 saturated carbocycles. The molecule has 31 heavy (non-hydrogen) atoms. The van der Waals surface area contributed by atoms with Gasteiger partial charge in [-0.25, -0.2) is 0 Å². The zero-order chi connectivity index (χ0) is 21.7. The summed E-state index contributed by atoms with van der Waals surface area (Å²) in [5.74, 6) is 0. The average Bonchev–Trinajstić information content (AvgIpc) is 2.81. The van der Waals surface area contributed by atoms with Crippen LogP contribution < -0.4 is 0 Å². The molecule has 0 fully saturated rings. The van der Waals surface area contributed by atoms with Gasteiger partial charge in [0.15, 0.2) is 0 Å². The van der Waals surface area contributed by atoms with E-state index >= 15 is 0 Å². The summed E-state index contributed by atoms with van der Waals surface area (Å²) in [5, 5.41) is 13.0. The third kappa shape index (κ3) is 4.88. The van der Waals surface area contributed by atoms with Crippen LogP contribution in [-0.2, 0) is 12.0 Å². The van der Waals surface area contributed by atoms with E-state index in [0.29, 0.717) is 22.2 Å². The van der Waals surface area contributed by atoms with Crippen LogP contribution in [-0.4, -0.2) is 11.3 Å². The molecule has 4 rings (SSSR count). The first kappa shape index (κ1) is 21.3. The van der Waals surface area contributed by atoms with Crippen LogP contribution in [0.3, 0.4) is 0 Å². The van der Waals surface area contributed by atoms with Crippen molar-refractivity contribution in [2.24, 2.45) is 4.99 Å². The predicted octanol–water partition coefficient (Wildman–Crippen LogP) is 7.22. The van der Waals surface area contributed by atoms with E-state index in [1.165, 1.54) is 0 Å². The highest BCUT2D eigenvalue weighted by atomic mass is 35.5. The molecular formula is C27H21Cl2NO. The second-order valence-electron chi connectivity index (χ2n) is 7.34. The fraction of sp³-hybridized carbons (Fsp3) is 0.0741. The summed E-state index contributed by atoms with van der Waals surface area (Å²) in [4.78, 5) is 4.69. The lowest BCUT2D eigenvalue weighted by Gasteiger charge is -2.30. The van der Waals surface area contributed by atoms with Crippen molar-refractivity contribution in [2.75, 3.05) is 0 Å². The Morgan fingerprint density at radius 3 is 2.10 bits per heavy atom. The van der Waals surface area contributed by atoms with E-state index in [1.807, 2.05) is 91.0 Å². The second-order valence-corrected chi connectivity index (χ2v) is 8.15. The molecule has 4 aromatic carbocycles. The molecule has 1 N–H and O–H groups in total. The van der Waals surface area contributed by atoms with Gasteiger partial charge in [-0.15, -0.1) is 0 Å². The fourth-order valence-corrected chi connectivity index (χ4v) is 3.94. The normalized spacial score (nSPS) is 13.3. The molecule has 0 radical (unpaired) electrons. The summed E-state index contributed by atoms with van der Waals surface area (Å²) < 4.78 is 0. The van der Waals surface area contributed by atoms with Crippen LogP contribution in [0.15, 0.2) is 108 Å². The largest absolute Gasteiger partial charge is 0.380 e. The maximum atomic E-state index is 12.1. The molecular weight excluding hydrogens is 425 g/mol. The van der Waals surface area contributed by atoms with Crippen LogP contribution in [0.2, 0.25) is 10.0 Å². The second kappa shape index (κ2) is 9.49. The zero-order valence-electron chi connectivity index (χ0n) is 16.7. The summed E-state index contributed by atoms with van der Waals surface area (Å²) in [7, 11) is 0. The maximum absolute atomic E-state index is 12.1. The fourth-order valence-electron chi connectivity index (χ4n) is 3.63. The average molecular weight is 446 g/mol. The maximum Gasteiger partial charge on any atom is 0.121 e. The number of halogens is 2. The van der Waals surface area contributed by atoms with Crippen molar-refractivity contribution < 1.29 is 5.11 Å². The summed E-state index contributed by atoms with van der Waals surface area (Å²) >= 11 is 12.2. The quantitative estimate of drug-likeness (QED) is 0.312. The molecule has 0 heterocycles. The molecule has 0 aliphatic carbocycles. The summed E-state index contributed by atoms with van der Waals surface area (Å²) in [5.41, 5.74) is 2.87. The molecule has 154 valence electrons. The van der Waals surface area contributed by atoms with Crippen LogP contribution in [0, 0.1) is 0 Å². The van der Waals surface area contributed by atoms with E-state index in [0.717, 1.165) is 22.3 Å². The number of benzene rings is 4. The molecule has 4 heteroatoms. The van der Waals surface area contributed by atoms with Gasteiger partial charge in [-0.05, 0) is 34.9 Å². The van der Waals surface area contributed by atoms with Gasteiger partial charge in [0.05, 0.1) is 15.7 Å². The van der Waals surface area contributed by atoms with Gasteiger partial charge in [-0.2, -0.15) is 0 Å². The Bertz CT molecular complexity index is 1190. The minimum absolute atomic E-state index is 0.428. The van der Waals surface area contributed by atoms with Gasteiger partial charge in [-0.1, -0.05) is 108 Å². The number of hydrogen-bond acceptors (Lipinski definition) is 2. The van der Waals surface area contributed by atoms with Crippen LogP contribution >= 0.6 is 23.2 Å². The highest BCUT2D eigenvalue weighted by molar-refractivity contribution is 6.42. The molecule has 2 nitrogen and oxygen atoms in total. The van der Waals surface area contributed by atoms with Gasteiger partial charge in [0.25, 0.3) is 0 Å². The van der Waals surface area contributed by atoms with Crippen molar-refractivity contribution in [3.63, 3.8) is 0 Å². The number of hydrogen-bond donors (Lipinski definition) is 1. The van der Waals surface area contributed by atoms with E-state index in [4.69, 9.17) is 28.2 Å². The van der Waals surface area contributed by atoms with Crippen molar-refractivity contribution in [1.29, 1.82) is 0 Å². The van der Waals surface area contributed by atoms with Crippen molar-refractivity contribution >= 4 is 35.1 Å². The topological polar surface area (TPSA) is 32.6 Å². The minimum Gasteiger partial charge on any atom is -0.380 e. The molecule has 0 bridgehead atoms. The standard InChI is InChI=1S/C27H21Cl2NO/c28-24-16-15-21(17-25(24)29)19-30-26-14-8-7-13-23(26)27(31,22-11-5-2-6-12-22)18-20-9-3-1-4-10-20/h1-17,19,31H,18H2. The molecule has 0 spiro atoms. The third-order valence-electron chi connectivity index (χ3n) is 5.20. The molecule has 1 atom stereocenters. The minimum atomic E-state index is -1.24. The van der Waals surface area contributed by atoms with Crippen molar-refractivity contribution in [3.8, 4) is 0 Å². The Hall–Kier alpha value is -2.91. The Labute approximate surface area is 192 Å². The van der Waals surface area contributed by atoms with Gasteiger partial charge in [0.1, 0.15) is 5.60 Å². The Morgan fingerprint density at radius 1 is 0.742 bits per heavy atom. The molecule has 0 saturated heterocycles. The Morgan fingerprint density at radius 2 is 1.39 bits per heavy atom. The SMILES string of the molecule is OC(Cc1ccccc1)(c1ccccc1)c1ccccc1N=Cc1ccc(Cl)c(Cl)c1. The van der Waals surface area contributed by atoms with E-state index < -0.39 is 5.60 Å². The van der Waals surface area contributed by atoms with E-state index in [1.54, 1.807) is 18.3 Å². The lowest BCUT2D eigenvalue weighted by atomic mass is 9.80. The molecule has 0 aromatic heterocycles. The monoisotopic (exact) mass is 445 g/mol. The number of nitrogens with zero attached hydrogens (tertiary/aromatic N) is 1. The molecule has 0 amide bonds. The van der Waals surface area contributed by atoms with Crippen molar-refractivity contribution in [3.05, 3.63) is 135 Å². The summed E-state index contributed by atoms with van der Waals surface area (Å²) in [6, 6.07) is 32.7. The first-order valence-corrected chi connectivity index (χ1v) is 10.7. The molecule has 4 aromatic rings. The summed E-state index contributed by atoms with van der Waals surface area (Å²) in [6.45, 7) is 0. The van der Waals surface area contributed by atoms with Gasteiger partial charge in [-0.3, -0.25) is 4.99 Å². The number of rotatable bonds is 6. The third-order valence-corrected chi connectivity index (χ3v) is 5.94. The van der Waals surface area contributed by atoms with Crippen LogP contribution in [0.4, 0.5) is 5.69 Å². The van der Waals surface area contributed by atoms with Crippen LogP contribution in [0.1, 0.15) is 22.3 Å². The highest BCUT2D eigenvalue weighted by Gasteiger charge is 2.33. The van der Waals surface area contributed by atoms with Crippen LogP contribution in [0.5, 0.6) is 0 Å². The van der Waals surface area contributed by atoms with Gasteiger partial charge in [0.2, 0.25) is 0 Å². The zero-order valence-corrected chi connectivity index (χ0v) is 18.3. The lowest BCUT2D eigenvalue weighted by molar-refractivity contribution is 0.0817. The van der Waals surface area contributed by atoms with Crippen molar-refractivity contribution in [1.82, 2.24) is 0 Å². The van der Waals surface area contributed by atoms with E-state index in [-0.39, 0.29) is 0 Å².